The molecule has 27 heavy (non-hydrogen) atoms. The SMILES string of the molecule is CCc1c(C)nc(-n2nc(C)cc2NC(=O)C(=O)NC2CCCC2)[nH]c1=O. The molecule has 0 saturated heterocycles. The highest BCUT2D eigenvalue weighted by Gasteiger charge is 2.23. The van der Waals surface area contributed by atoms with Gasteiger partial charge >= 0.3 is 11.8 Å². The Kier molecular flexibility index (Phi) is 5.38. The van der Waals surface area contributed by atoms with E-state index < -0.39 is 11.8 Å². The van der Waals surface area contributed by atoms with Crippen molar-refractivity contribution in [3.05, 3.63) is 33.4 Å². The molecule has 3 N–H and O–H groups in total. The van der Waals surface area contributed by atoms with Crippen LogP contribution in [0.3, 0.4) is 0 Å². The first-order chi connectivity index (χ1) is 12.9. The second kappa shape index (κ2) is 7.73. The number of hydrogen-bond acceptors (Lipinski definition) is 5. The highest BCUT2D eigenvalue weighted by atomic mass is 16.2. The summed E-state index contributed by atoms with van der Waals surface area (Å²) >= 11 is 0. The second-order valence-corrected chi connectivity index (χ2v) is 6.80. The van der Waals surface area contributed by atoms with Gasteiger partial charge in [-0.2, -0.15) is 9.78 Å². The minimum atomic E-state index is -0.771. The molecule has 2 aromatic heterocycles. The Labute approximate surface area is 156 Å². The molecule has 0 bridgehead atoms. The van der Waals surface area contributed by atoms with Gasteiger partial charge in [0.25, 0.3) is 5.56 Å². The lowest BCUT2D eigenvalue weighted by Crippen LogP contribution is -2.40. The van der Waals surface area contributed by atoms with Gasteiger partial charge in [-0.05, 0) is 33.1 Å². The number of anilines is 1. The highest BCUT2D eigenvalue weighted by molar-refractivity contribution is 6.39. The van der Waals surface area contributed by atoms with E-state index in [0.29, 0.717) is 23.4 Å². The molecule has 1 aliphatic rings. The first-order valence-corrected chi connectivity index (χ1v) is 9.17. The molecule has 0 aliphatic heterocycles. The number of nitrogens with one attached hydrogen (secondary N) is 3. The van der Waals surface area contributed by atoms with Crippen molar-refractivity contribution in [1.29, 1.82) is 0 Å². The molecular weight excluding hydrogens is 348 g/mol. The number of carbonyl (C=O) groups excluding carboxylic acids is 2. The lowest BCUT2D eigenvalue weighted by Gasteiger charge is -2.12. The number of nitrogens with zero attached hydrogens (tertiary/aromatic N) is 3. The van der Waals surface area contributed by atoms with E-state index >= 15 is 0 Å². The van der Waals surface area contributed by atoms with E-state index in [-0.39, 0.29) is 23.4 Å². The van der Waals surface area contributed by atoms with Gasteiger partial charge in [-0.1, -0.05) is 19.8 Å². The van der Waals surface area contributed by atoms with Crippen LogP contribution < -0.4 is 16.2 Å². The quantitative estimate of drug-likeness (QED) is 0.695. The van der Waals surface area contributed by atoms with Crippen molar-refractivity contribution in [3.63, 3.8) is 0 Å². The van der Waals surface area contributed by atoms with Gasteiger partial charge in [-0.25, -0.2) is 4.98 Å². The maximum Gasteiger partial charge on any atom is 0.314 e. The molecule has 0 aromatic carbocycles. The highest BCUT2D eigenvalue weighted by Crippen LogP contribution is 2.18. The molecule has 1 fully saturated rings. The minimum absolute atomic E-state index is 0.0529. The van der Waals surface area contributed by atoms with E-state index in [1.165, 1.54) is 4.68 Å². The summed E-state index contributed by atoms with van der Waals surface area (Å²) in [5, 5.41) is 9.57. The Bertz CT molecular complexity index is 924. The lowest BCUT2D eigenvalue weighted by molar-refractivity contribution is -0.136. The lowest BCUT2D eigenvalue weighted by atomic mass is 10.2. The van der Waals surface area contributed by atoms with Crippen molar-refractivity contribution >= 4 is 17.6 Å². The summed E-state index contributed by atoms with van der Waals surface area (Å²) in [5.41, 5.74) is 1.57. The zero-order valence-electron chi connectivity index (χ0n) is 15.8. The Hall–Kier alpha value is -2.97. The number of aromatic nitrogens is 4. The summed E-state index contributed by atoms with van der Waals surface area (Å²) in [6, 6.07) is 1.67. The van der Waals surface area contributed by atoms with Gasteiger partial charge < -0.3 is 10.6 Å². The van der Waals surface area contributed by atoms with Crippen molar-refractivity contribution < 1.29 is 9.59 Å². The van der Waals surface area contributed by atoms with E-state index in [1.807, 2.05) is 6.92 Å². The van der Waals surface area contributed by atoms with Crippen molar-refractivity contribution in [1.82, 2.24) is 25.1 Å². The Morgan fingerprint density at radius 1 is 1.26 bits per heavy atom. The minimum Gasteiger partial charge on any atom is -0.345 e. The van der Waals surface area contributed by atoms with Gasteiger partial charge in [0.05, 0.1) is 5.69 Å². The molecule has 0 radical (unpaired) electrons. The monoisotopic (exact) mass is 372 g/mol. The average molecular weight is 372 g/mol. The first kappa shape index (κ1) is 18.8. The number of amides is 2. The van der Waals surface area contributed by atoms with Crippen molar-refractivity contribution in [2.45, 2.75) is 58.9 Å². The normalized spacial score (nSPS) is 14.3. The number of hydrogen-bond donors (Lipinski definition) is 3. The summed E-state index contributed by atoms with van der Waals surface area (Å²) in [5.74, 6) is -0.987. The maximum absolute atomic E-state index is 12.3. The molecule has 3 rings (SSSR count). The van der Waals surface area contributed by atoms with Crippen LogP contribution in [0.15, 0.2) is 10.9 Å². The molecule has 9 heteroatoms. The fraction of sp³-hybridized carbons (Fsp3) is 0.500. The Morgan fingerprint density at radius 2 is 1.96 bits per heavy atom. The van der Waals surface area contributed by atoms with E-state index in [9.17, 15) is 14.4 Å². The van der Waals surface area contributed by atoms with Crippen LogP contribution in [0.2, 0.25) is 0 Å². The van der Waals surface area contributed by atoms with Crippen LogP contribution in [0, 0.1) is 13.8 Å². The fourth-order valence-electron chi connectivity index (χ4n) is 3.36. The third kappa shape index (κ3) is 4.07. The predicted molar refractivity (Wildman–Crippen MR) is 99.9 cm³/mol. The van der Waals surface area contributed by atoms with Gasteiger partial charge in [0.1, 0.15) is 5.82 Å². The zero-order valence-corrected chi connectivity index (χ0v) is 15.8. The largest absolute Gasteiger partial charge is 0.345 e. The average Bonchev–Trinajstić information content (AvgIpc) is 3.24. The topological polar surface area (TPSA) is 122 Å². The molecule has 9 nitrogen and oxygen atoms in total. The van der Waals surface area contributed by atoms with E-state index in [1.54, 1.807) is 19.9 Å². The van der Waals surface area contributed by atoms with Crippen LogP contribution in [-0.2, 0) is 16.0 Å². The third-order valence-electron chi connectivity index (χ3n) is 4.73. The first-order valence-electron chi connectivity index (χ1n) is 9.17. The predicted octanol–water partition coefficient (Wildman–Crippen LogP) is 1.13. The van der Waals surface area contributed by atoms with Crippen LogP contribution in [0.4, 0.5) is 5.82 Å². The van der Waals surface area contributed by atoms with Crippen LogP contribution in [-0.4, -0.2) is 37.6 Å². The number of aryl methyl sites for hydroxylation is 2. The molecule has 2 aromatic rings. The number of carbonyl (C=O) groups is 2. The third-order valence-corrected chi connectivity index (χ3v) is 4.73. The van der Waals surface area contributed by atoms with Gasteiger partial charge in [0, 0.05) is 23.4 Å². The Balaban J connectivity index is 1.83. The molecule has 2 heterocycles. The molecule has 2 amide bonds. The van der Waals surface area contributed by atoms with E-state index in [4.69, 9.17) is 0 Å². The van der Waals surface area contributed by atoms with Gasteiger partial charge in [0.2, 0.25) is 5.95 Å². The van der Waals surface area contributed by atoms with Crippen molar-refractivity contribution in [2.75, 3.05) is 5.32 Å². The number of aromatic amines is 1. The molecule has 0 spiro atoms. The second-order valence-electron chi connectivity index (χ2n) is 6.80. The van der Waals surface area contributed by atoms with Gasteiger partial charge in [-0.15, -0.1) is 0 Å². The molecular formula is C18H24N6O3. The van der Waals surface area contributed by atoms with E-state index in [2.05, 4.69) is 25.7 Å². The van der Waals surface area contributed by atoms with Crippen LogP contribution in [0.25, 0.3) is 5.95 Å². The van der Waals surface area contributed by atoms with E-state index in [0.717, 1.165) is 25.7 Å². The van der Waals surface area contributed by atoms with Crippen molar-refractivity contribution in [3.8, 4) is 5.95 Å². The summed E-state index contributed by atoms with van der Waals surface area (Å²) < 4.78 is 1.32. The number of rotatable bonds is 4. The number of H-pyrrole nitrogens is 1. The zero-order chi connectivity index (χ0) is 19.6. The standard InChI is InChI=1S/C18H24N6O3/c1-4-13-11(3)19-18(22-15(13)25)24-14(9-10(2)23-24)21-17(27)16(26)20-12-7-5-6-8-12/h9,12H,4-8H2,1-3H3,(H,20,26)(H,21,27)(H,19,22,25). The van der Waals surface area contributed by atoms with Crippen LogP contribution in [0.5, 0.6) is 0 Å². The molecule has 0 unspecified atom stereocenters. The molecule has 144 valence electrons. The molecule has 1 aliphatic carbocycles. The summed E-state index contributed by atoms with van der Waals surface area (Å²) in [7, 11) is 0. The Morgan fingerprint density at radius 3 is 2.59 bits per heavy atom. The molecule has 0 atom stereocenters. The summed E-state index contributed by atoms with van der Waals surface area (Å²) in [4.78, 5) is 43.7. The van der Waals surface area contributed by atoms with Gasteiger partial charge in [-0.3, -0.25) is 19.4 Å². The van der Waals surface area contributed by atoms with Crippen molar-refractivity contribution in [2.24, 2.45) is 0 Å². The maximum atomic E-state index is 12.3. The fourth-order valence-corrected chi connectivity index (χ4v) is 3.36. The smallest absolute Gasteiger partial charge is 0.314 e. The van der Waals surface area contributed by atoms with Gasteiger partial charge in [0.15, 0.2) is 0 Å². The van der Waals surface area contributed by atoms with Crippen LogP contribution >= 0.6 is 0 Å². The molecule has 1 saturated carbocycles. The van der Waals surface area contributed by atoms with Crippen LogP contribution in [0.1, 0.15) is 49.6 Å². The summed E-state index contributed by atoms with van der Waals surface area (Å²) in [6.45, 7) is 5.38. The summed E-state index contributed by atoms with van der Waals surface area (Å²) in [6.07, 6.45) is 4.47.